The molecule has 0 aliphatic carbocycles. The molecule has 17 heavy (non-hydrogen) atoms. The van der Waals surface area contributed by atoms with Crippen LogP contribution in [-0.2, 0) is 23.8 Å². The van der Waals surface area contributed by atoms with Gasteiger partial charge in [0.25, 0.3) is 0 Å². The van der Waals surface area contributed by atoms with E-state index in [0.29, 0.717) is 5.75 Å². The van der Waals surface area contributed by atoms with Crippen LogP contribution in [-0.4, -0.2) is 0 Å². The highest BCUT2D eigenvalue weighted by Gasteiger charge is 2.20. The lowest BCUT2D eigenvalue weighted by Crippen LogP contribution is -2.00. The van der Waals surface area contributed by atoms with Crippen molar-refractivity contribution >= 4 is 28.6 Å². The molecule has 1 rings (SSSR count). The normalized spacial score (nSPS) is 11.6. The predicted molar refractivity (Wildman–Crippen MR) is 74.5 cm³/mol. The van der Waals surface area contributed by atoms with E-state index in [0.717, 1.165) is 24.8 Å². The van der Waals surface area contributed by atoms with Gasteiger partial charge in [-0.25, -0.2) is 4.57 Å². The second-order valence-corrected chi connectivity index (χ2v) is 7.95. The number of benzene rings is 1. The van der Waals surface area contributed by atoms with Crippen molar-refractivity contribution in [3.63, 3.8) is 0 Å². The zero-order valence-electron chi connectivity index (χ0n) is 10.3. The monoisotopic (exact) mass is 294 g/mol. The molecule has 0 spiro atoms. The van der Waals surface area contributed by atoms with Gasteiger partial charge in [0.1, 0.15) is 5.75 Å². The summed E-state index contributed by atoms with van der Waals surface area (Å²) in [6.45, 7) is 6.25. The molecular weight excluding hydrogens is 278 g/mol. The van der Waals surface area contributed by atoms with Crippen LogP contribution in [0.4, 0.5) is 0 Å². The zero-order chi connectivity index (χ0) is 13.1. The maximum Gasteiger partial charge on any atom is 0.428 e. The molecule has 0 aliphatic heterocycles. The molecule has 0 aromatic heterocycles. The van der Waals surface area contributed by atoms with E-state index in [9.17, 15) is 4.57 Å². The van der Waals surface area contributed by atoms with Gasteiger partial charge in [0.05, 0.1) is 0 Å². The molecule has 0 unspecified atom stereocenters. The maximum absolute atomic E-state index is 11.3. The van der Waals surface area contributed by atoms with Crippen molar-refractivity contribution in [1.29, 1.82) is 0 Å². The fourth-order valence-corrected chi connectivity index (χ4v) is 2.93. The third kappa shape index (κ3) is 3.91. The largest absolute Gasteiger partial charge is 0.428 e. The SMILES string of the molecule is CCc1ccc(OP(=O)(Cl)Cl)c(CC)c1CC. The molecule has 0 bridgehead atoms. The molecule has 0 fully saturated rings. The van der Waals surface area contributed by atoms with E-state index in [2.05, 4.69) is 13.8 Å². The average Bonchev–Trinajstić information content (AvgIpc) is 2.26. The molecule has 1 aromatic carbocycles. The quantitative estimate of drug-likeness (QED) is 0.685. The van der Waals surface area contributed by atoms with Gasteiger partial charge in [-0.1, -0.05) is 26.8 Å². The van der Waals surface area contributed by atoms with Gasteiger partial charge in [-0.2, -0.15) is 0 Å². The first kappa shape index (κ1) is 14.9. The topological polar surface area (TPSA) is 26.3 Å². The summed E-state index contributed by atoms with van der Waals surface area (Å²) in [5.41, 5.74) is 3.58. The first-order valence-electron chi connectivity index (χ1n) is 5.75. The van der Waals surface area contributed by atoms with Crippen LogP contribution in [0.3, 0.4) is 0 Å². The van der Waals surface area contributed by atoms with Gasteiger partial charge >= 0.3 is 6.07 Å². The third-order valence-electron chi connectivity index (χ3n) is 2.78. The molecule has 0 amide bonds. The van der Waals surface area contributed by atoms with E-state index >= 15 is 0 Å². The zero-order valence-corrected chi connectivity index (χ0v) is 12.7. The van der Waals surface area contributed by atoms with E-state index in [1.165, 1.54) is 11.1 Å². The van der Waals surface area contributed by atoms with Crippen LogP contribution in [0.2, 0.25) is 0 Å². The van der Waals surface area contributed by atoms with Gasteiger partial charge in [0, 0.05) is 22.5 Å². The summed E-state index contributed by atoms with van der Waals surface area (Å²) in [5, 5.41) is 0. The van der Waals surface area contributed by atoms with Crippen LogP contribution >= 0.6 is 28.6 Å². The van der Waals surface area contributed by atoms with Gasteiger partial charge in [-0.15, -0.1) is 0 Å². The molecule has 96 valence electrons. The lowest BCUT2D eigenvalue weighted by atomic mass is 9.95. The Balaban J connectivity index is 3.28. The summed E-state index contributed by atoms with van der Waals surface area (Å²) < 4.78 is 16.5. The van der Waals surface area contributed by atoms with Crippen LogP contribution in [0.5, 0.6) is 5.75 Å². The summed E-state index contributed by atoms with van der Waals surface area (Å²) in [7, 11) is 0. The molecule has 0 aliphatic rings. The van der Waals surface area contributed by atoms with E-state index in [4.69, 9.17) is 27.0 Å². The Labute approximate surface area is 112 Å². The van der Waals surface area contributed by atoms with E-state index < -0.39 is 6.07 Å². The fourth-order valence-electron chi connectivity index (χ4n) is 2.08. The Hall–Kier alpha value is -0.170. The minimum absolute atomic E-state index is 0.537. The van der Waals surface area contributed by atoms with Crippen LogP contribution < -0.4 is 4.52 Å². The van der Waals surface area contributed by atoms with Crippen LogP contribution in [0.1, 0.15) is 37.5 Å². The summed E-state index contributed by atoms with van der Waals surface area (Å²) in [5.74, 6) is 0.537. The van der Waals surface area contributed by atoms with E-state index in [-0.39, 0.29) is 0 Å². The summed E-state index contributed by atoms with van der Waals surface area (Å²) in [6, 6.07) is 3.78. The van der Waals surface area contributed by atoms with Crippen molar-refractivity contribution in [1.82, 2.24) is 0 Å². The smallest absolute Gasteiger partial charge is 0.422 e. The highest BCUT2D eigenvalue weighted by Crippen LogP contribution is 2.57. The Morgan fingerprint density at radius 2 is 1.65 bits per heavy atom. The van der Waals surface area contributed by atoms with Crippen molar-refractivity contribution in [2.75, 3.05) is 0 Å². The molecule has 0 atom stereocenters. The van der Waals surface area contributed by atoms with Gasteiger partial charge in [0.2, 0.25) is 0 Å². The third-order valence-corrected chi connectivity index (χ3v) is 3.60. The minimum atomic E-state index is -3.54. The summed E-state index contributed by atoms with van der Waals surface area (Å²) in [4.78, 5) is 0. The van der Waals surface area contributed by atoms with Crippen molar-refractivity contribution in [3.05, 3.63) is 28.8 Å². The molecule has 0 heterocycles. The fraction of sp³-hybridized carbons (Fsp3) is 0.500. The highest BCUT2D eigenvalue weighted by atomic mass is 35.9. The Morgan fingerprint density at radius 3 is 2.06 bits per heavy atom. The first-order valence-corrected chi connectivity index (χ1v) is 9.18. The van der Waals surface area contributed by atoms with Crippen LogP contribution in [0, 0.1) is 0 Å². The minimum Gasteiger partial charge on any atom is -0.422 e. The molecule has 5 heteroatoms. The lowest BCUT2D eigenvalue weighted by Gasteiger charge is -2.17. The average molecular weight is 295 g/mol. The first-order chi connectivity index (χ1) is 7.92. The summed E-state index contributed by atoms with van der Waals surface area (Å²) >= 11 is 10.9. The molecular formula is C12H17Cl2O2P. The molecule has 0 saturated heterocycles. The number of rotatable bonds is 5. The predicted octanol–water partition coefficient (Wildman–Crippen LogP) is 5.34. The number of hydrogen-bond acceptors (Lipinski definition) is 2. The van der Waals surface area contributed by atoms with Gasteiger partial charge in [-0.3, -0.25) is 0 Å². The Bertz CT molecular complexity index is 440. The summed E-state index contributed by atoms with van der Waals surface area (Å²) in [6.07, 6.45) is -0.848. The van der Waals surface area contributed by atoms with Crippen molar-refractivity contribution < 1.29 is 9.09 Å². The maximum atomic E-state index is 11.3. The van der Waals surface area contributed by atoms with Gasteiger partial charge in [-0.05, 0) is 42.0 Å². The standard InChI is InChI=1S/C12H17Cl2O2P/c1-4-9-7-8-12(16-17(13,14)15)11(6-3)10(9)5-2/h7-8H,4-6H2,1-3H3. The van der Waals surface area contributed by atoms with Crippen molar-refractivity contribution in [2.45, 2.75) is 40.0 Å². The molecule has 0 N–H and O–H groups in total. The number of hydrogen-bond donors (Lipinski definition) is 0. The second-order valence-electron chi connectivity index (χ2n) is 3.75. The molecule has 2 nitrogen and oxygen atoms in total. The Morgan fingerprint density at radius 1 is 1.06 bits per heavy atom. The van der Waals surface area contributed by atoms with Crippen LogP contribution in [0.25, 0.3) is 0 Å². The molecule has 0 saturated carbocycles. The van der Waals surface area contributed by atoms with Crippen molar-refractivity contribution in [3.8, 4) is 5.75 Å². The lowest BCUT2D eigenvalue weighted by molar-refractivity contribution is 0.509. The van der Waals surface area contributed by atoms with Gasteiger partial charge in [0.15, 0.2) is 0 Å². The van der Waals surface area contributed by atoms with Crippen molar-refractivity contribution in [2.24, 2.45) is 0 Å². The van der Waals surface area contributed by atoms with E-state index in [1.54, 1.807) is 6.07 Å². The highest BCUT2D eigenvalue weighted by molar-refractivity contribution is 8.05. The molecule has 1 aromatic rings. The van der Waals surface area contributed by atoms with Gasteiger partial charge < -0.3 is 4.52 Å². The molecule has 0 radical (unpaired) electrons. The number of aryl methyl sites for hydroxylation is 1. The van der Waals surface area contributed by atoms with Crippen LogP contribution in [0.15, 0.2) is 12.1 Å². The second kappa shape index (κ2) is 6.13. The number of halogens is 2. The van der Waals surface area contributed by atoms with E-state index in [1.807, 2.05) is 13.0 Å². The Kier molecular flexibility index (Phi) is 5.37.